The second-order valence-electron chi connectivity index (χ2n) is 6.11. The normalized spacial score (nSPS) is 11.2. The monoisotopic (exact) mass is 404 g/mol. The first-order valence-electron chi connectivity index (χ1n) is 8.39. The minimum absolute atomic E-state index is 0.112. The first kappa shape index (κ1) is 19.7. The Balaban J connectivity index is 1.68. The van der Waals surface area contributed by atoms with E-state index in [2.05, 4.69) is 14.7 Å². The number of hydrogen-bond acceptors (Lipinski definition) is 5. The number of halogens is 2. The summed E-state index contributed by atoms with van der Waals surface area (Å²) in [7, 11) is -2.18. The van der Waals surface area contributed by atoms with Crippen molar-refractivity contribution in [1.29, 1.82) is 0 Å². The Hall–Kier alpha value is -3.07. The number of benzene rings is 1. The van der Waals surface area contributed by atoms with E-state index in [4.69, 9.17) is 0 Å². The Morgan fingerprint density at radius 1 is 1.04 bits per heavy atom. The number of hydrogen-bond donors (Lipinski definition) is 1. The molecule has 0 saturated carbocycles. The SMILES string of the molecule is CN(CCc1ccccn1)c1ccc(S(=O)(=O)Nc2cc(F)cc(F)c2)cn1. The van der Waals surface area contributed by atoms with E-state index in [0.717, 1.165) is 17.8 Å². The van der Waals surface area contributed by atoms with Crippen molar-refractivity contribution in [1.82, 2.24) is 9.97 Å². The van der Waals surface area contributed by atoms with Gasteiger partial charge in [0.15, 0.2) is 0 Å². The van der Waals surface area contributed by atoms with Gasteiger partial charge in [-0.2, -0.15) is 0 Å². The number of aromatic nitrogens is 2. The molecule has 2 aromatic heterocycles. The summed E-state index contributed by atoms with van der Waals surface area (Å²) in [5.74, 6) is -1.16. The Bertz CT molecular complexity index is 1030. The number of anilines is 2. The van der Waals surface area contributed by atoms with Gasteiger partial charge >= 0.3 is 0 Å². The molecule has 6 nitrogen and oxygen atoms in total. The highest BCUT2D eigenvalue weighted by Crippen LogP contribution is 2.19. The third-order valence-corrected chi connectivity index (χ3v) is 5.33. The van der Waals surface area contributed by atoms with Gasteiger partial charge in [0, 0.05) is 44.2 Å². The van der Waals surface area contributed by atoms with Crippen molar-refractivity contribution in [3.8, 4) is 0 Å². The number of sulfonamides is 1. The topological polar surface area (TPSA) is 75.2 Å². The summed E-state index contributed by atoms with van der Waals surface area (Å²) in [6, 6.07) is 11.1. The molecule has 0 bridgehead atoms. The maximum Gasteiger partial charge on any atom is 0.263 e. The van der Waals surface area contributed by atoms with Gasteiger partial charge in [0.25, 0.3) is 10.0 Å². The first-order valence-corrected chi connectivity index (χ1v) is 9.88. The lowest BCUT2D eigenvalue weighted by atomic mass is 10.2. The maximum atomic E-state index is 13.2. The standard InChI is InChI=1S/C19H18F2N4O2S/c1-25(9-7-16-4-2-3-8-22-16)19-6-5-18(13-23-19)28(26,27)24-17-11-14(20)10-15(21)12-17/h2-6,8,10-13,24H,7,9H2,1H3. The zero-order valence-electron chi connectivity index (χ0n) is 15.0. The third-order valence-electron chi connectivity index (χ3n) is 3.97. The molecule has 0 fully saturated rings. The molecule has 0 spiro atoms. The molecule has 0 aliphatic carbocycles. The fraction of sp³-hybridized carbons (Fsp3) is 0.158. The van der Waals surface area contributed by atoms with Gasteiger partial charge in [-0.05, 0) is 36.4 Å². The van der Waals surface area contributed by atoms with Crippen LogP contribution in [0.5, 0.6) is 0 Å². The Kier molecular flexibility index (Phi) is 5.84. The summed E-state index contributed by atoms with van der Waals surface area (Å²) >= 11 is 0. The van der Waals surface area contributed by atoms with Gasteiger partial charge in [0.1, 0.15) is 22.3 Å². The van der Waals surface area contributed by atoms with Crippen LogP contribution in [0.1, 0.15) is 5.69 Å². The lowest BCUT2D eigenvalue weighted by Gasteiger charge is -2.18. The predicted octanol–water partition coefficient (Wildman–Crippen LogP) is 3.23. The van der Waals surface area contributed by atoms with Gasteiger partial charge in [0.05, 0.1) is 5.69 Å². The van der Waals surface area contributed by atoms with Crippen molar-refractivity contribution in [2.24, 2.45) is 0 Å². The number of nitrogens with one attached hydrogen (secondary N) is 1. The second kappa shape index (κ2) is 8.30. The Morgan fingerprint density at radius 3 is 2.39 bits per heavy atom. The highest BCUT2D eigenvalue weighted by molar-refractivity contribution is 7.92. The fourth-order valence-electron chi connectivity index (χ4n) is 2.53. The van der Waals surface area contributed by atoms with Crippen LogP contribution in [0, 0.1) is 11.6 Å². The van der Waals surface area contributed by atoms with Crippen LogP contribution in [0.25, 0.3) is 0 Å². The molecular formula is C19H18F2N4O2S. The summed E-state index contributed by atoms with van der Waals surface area (Å²) in [5, 5.41) is 0. The van der Waals surface area contributed by atoms with Gasteiger partial charge in [-0.1, -0.05) is 6.07 Å². The smallest absolute Gasteiger partial charge is 0.263 e. The van der Waals surface area contributed by atoms with Crippen LogP contribution in [0.4, 0.5) is 20.3 Å². The van der Waals surface area contributed by atoms with E-state index < -0.39 is 21.7 Å². The van der Waals surface area contributed by atoms with Crippen molar-refractivity contribution in [2.45, 2.75) is 11.3 Å². The Morgan fingerprint density at radius 2 is 1.79 bits per heavy atom. The molecule has 3 rings (SSSR count). The van der Waals surface area contributed by atoms with E-state index in [1.165, 1.54) is 12.3 Å². The van der Waals surface area contributed by atoms with Crippen molar-refractivity contribution in [2.75, 3.05) is 23.2 Å². The highest BCUT2D eigenvalue weighted by atomic mass is 32.2. The minimum atomic E-state index is -4.02. The van der Waals surface area contributed by atoms with Crippen molar-refractivity contribution in [3.63, 3.8) is 0 Å². The van der Waals surface area contributed by atoms with E-state index >= 15 is 0 Å². The van der Waals surface area contributed by atoms with Crippen LogP contribution in [0.15, 0.2) is 65.8 Å². The van der Waals surface area contributed by atoms with Gasteiger partial charge in [-0.15, -0.1) is 0 Å². The summed E-state index contributed by atoms with van der Waals surface area (Å²) in [6.07, 6.45) is 3.64. The van der Waals surface area contributed by atoms with Crippen LogP contribution >= 0.6 is 0 Å². The van der Waals surface area contributed by atoms with Crippen molar-refractivity contribution >= 4 is 21.5 Å². The average Bonchev–Trinajstić information content (AvgIpc) is 2.66. The molecule has 9 heteroatoms. The highest BCUT2D eigenvalue weighted by Gasteiger charge is 2.16. The molecule has 1 N–H and O–H groups in total. The van der Waals surface area contributed by atoms with Gasteiger partial charge < -0.3 is 4.90 Å². The molecular weight excluding hydrogens is 386 g/mol. The lowest BCUT2D eigenvalue weighted by molar-refractivity contribution is 0.584. The molecule has 1 aromatic carbocycles. The summed E-state index contributed by atoms with van der Waals surface area (Å²) in [4.78, 5) is 10.2. The van der Waals surface area contributed by atoms with E-state index in [9.17, 15) is 17.2 Å². The summed E-state index contributed by atoms with van der Waals surface area (Å²) in [5.41, 5.74) is 0.745. The van der Waals surface area contributed by atoms with Gasteiger partial charge in [-0.3, -0.25) is 9.71 Å². The number of nitrogens with zero attached hydrogens (tertiary/aromatic N) is 3. The molecule has 2 heterocycles. The quantitative estimate of drug-likeness (QED) is 0.654. The molecule has 0 aliphatic heterocycles. The minimum Gasteiger partial charge on any atom is -0.359 e. The van der Waals surface area contributed by atoms with Crippen LogP contribution in [-0.2, 0) is 16.4 Å². The Labute approximate surface area is 161 Å². The third kappa shape index (κ3) is 5.01. The first-order chi connectivity index (χ1) is 13.3. The number of rotatable bonds is 7. The van der Waals surface area contributed by atoms with Crippen LogP contribution < -0.4 is 9.62 Å². The molecule has 0 amide bonds. The van der Waals surface area contributed by atoms with E-state index in [-0.39, 0.29) is 10.6 Å². The zero-order valence-corrected chi connectivity index (χ0v) is 15.8. The van der Waals surface area contributed by atoms with Crippen LogP contribution in [0.2, 0.25) is 0 Å². The average molecular weight is 404 g/mol. The molecule has 0 saturated heterocycles. The molecule has 0 aliphatic rings. The van der Waals surface area contributed by atoms with E-state index in [1.54, 1.807) is 12.3 Å². The van der Waals surface area contributed by atoms with Crippen LogP contribution in [-0.4, -0.2) is 32.0 Å². The predicted molar refractivity (Wildman–Crippen MR) is 103 cm³/mol. The van der Waals surface area contributed by atoms with Crippen molar-refractivity contribution in [3.05, 3.63) is 78.3 Å². The van der Waals surface area contributed by atoms with Gasteiger partial charge in [0.2, 0.25) is 0 Å². The molecule has 3 aromatic rings. The molecule has 0 atom stereocenters. The maximum absolute atomic E-state index is 13.2. The molecule has 146 valence electrons. The van der Waals surface area contributed by atoms with E-state index in [1.807, 2.05) is 30.1 Å². The van der Waals surface area contributed by atoms with E-state index in [0.29, 0.717) is 24.8 Å². The van der Waals surface area contributed by atoms with Gasteiger partial charge in [-0.25, -0.2) is 22.2 Å². The summed E-state index contributed by atoms with van der Waals surface area (Å²) in [6.45, 7) is 0.650. The number of likely N-dealkylation sites (N-methyl/N-ethyl adjacent to an activating group) is 1. The second-order valence-corrected chi connectivity index (χ2v) is 7.79. The largest absolute Gasteiger partial charge is 0.359 e. The molecule has 0 unspecified atom stereocenters. The van der Waals surface area contributed by atoms with Crippen molar-refractivity contribution < 1.29 is 17.2 Å². The lowest BCUT2D eigenvalue weighted by Crippen LogP contribution is -2.22. The summed E-state index contributed by atoms with van der Waals surface area (Å²) < 4.78 is 53.4. The van der Waals surface area contributed by atoms with Crippen LogP contribution in [0.3, 0.4) is 0 Å². The number of pyridine rings is 2. The fourth-order valence-corrected chi connectivity index (χ4v) is 3.51. The molecule has 0 radical (unpaired) electrons. The zero-order chi connectivity index (χ0) is 20.1. The molecule has 28 heavy (non-hydrogen) atoms.